The molecule has 5 heteroatoms. The van der Waals surface area contributed by atoms with Crippen LogP contribution in [0.4, 0.5) is 0 Å². The van der Waals surface area contributed by atoms with Crippen LogP contribution in [0.2, 0.25) is 5.02 Å². The molecule has 1 aromatic carbocycles. The number of nitrogens with one attached hydrogen (secondary N) is 1. The number of nitrogens with zero attached hydrogens (tertiary/aromatic N) is 1. The molecule has 2 rings (SSSR count). The average Bonchev–Trinajstić information content (AvgIpc) is 2.59. The van der Waals surface area contributed by atoms with Crippen LogP contribution in [0.1, 0.15) is 43.5 Å². The van der Waals surface area contributed by atoms with Gasteiger partial charge in [0.1, 0.15) is 6.04 Å². The van der Waals surface area contributed by atoms with Gasteiger partial charge >= 0.3 is 0 Å². The van der Waals surface area contributed by atoms with E-state index in [0.29, 0.717) is 23.7 Å². The minimum absolute atomic E-state index is 0.000775. The van der Waals surface area contributed by atoms with Crippen LogP contribution in [0, 0.1) is 5.92 Å². The van der Waals surface area contributed by atoms with E-state index in [9.17, 15) is 9.59 Å². The van der Waals surface area contributed by atoms with Crippen molar-refractivity contribution < 1.29 is 9.59 Å². The Balaban J connectivity index is 2.10. The lowest BCUT2D eigenvalue weighted by Crippen LogP contribution is -2.52. The van der Waals surface area contributed by atoms with Gasteiger partial charge in [0.2, 0.25) is 5.91 Å². The molecule has 0 spiro atoms. The van der Waals surface area contributed by atoms with E-state index in [2.05, 4.69) is 11.9 Å². The molecule has 1 aliphatic rings. The zero-order valence-electron chi connectivity index (χ0n) is 14.3. The van der Waals surface area contributed by atoms with E-state index < -0.39 is 6.04 Å². The Morgan fingerprint density at radius 1 is 1.25 bits per heavy atom. The summed E-state index contributed by atoms with van der Waals surface area (Å²) in [6.07, 6.45) is 2.49. The number of hydrogen-bond acceptors (Lipinski definition) is 2. The first kappa shape index (κ1) is 18.5. The van der Waals surface area contributed by atoms with Gasteiger partial charge in [-0.05, 0) is 43.0 Å². The van der Waals surface area contributed by atoms with E-state index in [1.54, 1.807) is 24.3 Å². The number of piperidine rings is 1. The normalized spacial score (nSPS) is 17.3. The first-order valence-electron chi connectivity index (χ1n) is 8.44. The molecule has 0 saturated carbocycles. The maximum atomic E-state index is 12.9. The molecule has 130 valence electrons. The summed E-state index contributed by atoms with van der Waals surface area (Å²) in [6, 6.07) is 6.17. The largest absolute Gasteiger partial charge is 0.340 e. The van der Waals surface area contributed by atoms with Crippen LogP contribution in [0.5, 0.6) is 0 Å². The number of carbonyl (C=O) groups is 2. The van der Waals surface area contributed by atoms with Gasteiger partial charge in [-0.2, -0.15) is 0 Å². The Labute approximate surface area is 148 Å². The van der Waals surface area contributed by atoms with Crippen LogP contribution in [0.3, 0.4) is 0 Å². The molecule has 0 aromatic heterocycles. The second kappa shape index (κ2) is 8.34. The molecule has 1 aromatic rings. The number of halogens is 1. The van der Waals surface area contributed by atoms with Crippen molar-refractivity contribution >= 4 is 23.4 Å². The van der Waals surface area contributed by atoms with Gasteiger partial charge in [-0.15, -0.1) is 0 Å². The molecule has 1 fully saturated rings. The van der Waals surface area contributed by atoms with E-state index in [1.807, 2.05) is 18.7 Å². The highest BCUT2D eigenvalue weighted by molar-refractivity contribution is 6.30. The number of benzene rings is 1. The van der Waals surface area contributed by atoms with E-state index in [0.717, 1.165) is 19.3 Å². The number of carbonyl (C=O) groups excluding carboxylic acids is 2. The molecule has 2 unspecified atom stereocenters. The number of likely N-dealkylation sites (tertiary alicyclic amines) is 1. The van der Waals surface area contributed by atoms with Crippen LogP contribution >= 0.6 is 11.6 Å². The van der Waals surface area contributed by atoms with E-state index in [1.165, 1.54) is 5.57 Å². The van der Waals surface area contributed by atoms with E-state index in [4.69, 9.17) is 11.6 Å². The minimum Gasteiger partial charge on any atom is -0.340 e. The van der Waals surface area contributed by atoms with Crippen molar-refractivity contribution in [1.82, 2.24) is 10.2 Å². The van der Waals surface area contributed by atoms with Crippen LogP contribution in [0.25, 0.3) is 0 Å². The molecule has 2 amide bonds. The molecule has 2 atom stereocenters. The molecular weight excluding hydrogens is 324 g/mol. The predicted molar refractivity (Wildman–Crippen MR) is 97.1 cm³/mol. The first-order valence-corrected chi connectivity index (χ1v) is 8.82. The van der Waals surface area contributed by atoms with E-state index >= 15 is 0 Å². The van der Waals surface area contributed by atoms with Crippen molar-refractivity contribution in [2.45, 2.75) is 39.2 Å². The predicted octanol–water partition coefficient (Wildman–Crippen LogP) is 3.66. The molecule has 1 heterocycles. The van der Waals surface area contributed by atoms with Crippen molar-refractivity contribution in [3.05, 3.63) is 47.0 Å². The Morgan fingerprint density at radius 3 is 2.38 bits per heavy atom. The van der Waals surface area contributed by atoms with Gasteiger partial charge < -0.3 is 10.2 Å². The Bertz CT molecular complexity index is 602. The van der Waals surface area contributed by atoms with Gasteiger partial charge in [0, 0.05) is 23.7 Å². The highest BCUT2D eigenvalue weighted by Gasteiger charge is 2.31. The second-order valence-corrected chi connectivity index (χ2v) is 6.86. The van der Waals surface area contributed by atoms with Gasteiger partial charge in [0.05, 0.1) is 0 Å². The third-order valence-electron chi connectivity index (χ3n) is 4.65. The lowest BCUT2D eigenvalue weighted by atomic mass is 9.96. The van der Waals surface area contributed by atoms with Crippen molar-refractivity contribution in [2.75, 3.05) is 13.1 Å². The average molecular weight is 349 g/mol. The summed E-state index contributed by atoms with van der Waals surface area (Å²) in [5.41, 5.74) is 1.69. The maximum absolute atomic E-state index is 12.9. The SMILES string of the molecule is C=C1CCN(C(=O)C(NC(=O)c2ccc(Cl)cc2)C(C)CC)CC1. The number of rotatable bonds is 5. The summed E-state index contributed by atoms with van der Waals surface area (Å²) in [5.74, 6) is -0.176. The Kier molecular flexibility index (Phi) is 6.44. The van der Waals surface area contributed by atoms with Crippen LogP contribution in [-0.4, -0.2) is 35.8 Å². The summed E-state index contributed by atoms with van der Waals surface area (Å²) in [7, 11) is 0. The fourth-order valence-corrected chi connectivity index (χ4v) is 2.87. The highest BCUT2D eigenvalue weighted by Crippen LogP contribution is 2.18. The Morgan fingerprint density at radius 2 is 1.83 bits per heavy atom. The summed E-state index contributed by atoms with van der Waals surface area (Å²) in [4.78, 5) is 27.2. The zero-order chi connectivity index (χ0) is 17.7. The summed E-state index contributed by atoms with van der Waals surface area (Å²) < 4.78 is 0. The molecular formula is C19H25ClN2O2. The first-order chi connectivity index (χ1) is 11.4. The second-order valence-electron chi connectivity index (χ2n) is 6.42. The van der Waals surface area contributed by atoms with Gasteiger partial charge in [-0.3, -0.25) is 9.59 Å². The molecule has 1 aliphatic heterocycles. The van der Waals surface area contributed by atoms with Gasteiger partial charge in [-0.25, -0.2) is 0 Å². The van der Waals surface area contributed by atoms with Crippen molar-refractivity contribution in [1.29, 1.82) is 0 Å². The lowest BCUT2D eigenvalue weighted by Gasteiger charge is -2.33. The molecule has 1 N–H and O–H groups in total. The van der Waals surface area contributed by atoms with Crippen molar-refractivity contribution in [3.8, 4) is 0 Å². The summed E-state index contributed by atoms with van der Waals surface area (Å²) in [6.45, 7) is 9.36. The number of hydrogen-bond donors (Lipinski definition) is 1. The van der Waals surface area contributed by atoms with Gasteiger partial charge in [0.15, 0.2) is 0 Å². The van der Waals surface area contributed by atoms with Crippen LogP contribution in [0.15, 0.2) is 36.4 Å². The van der Waals surface area contributed by atoms with Gasteiger partial charge in [0.25, 0.3) is 5.91 Å². The fourth-order valence-electron chi connectivity index (χ4n) is 2.75. The number of amides is 2. The van der Waals surface area contributed by atoms with E-state index in [-0.39, 0.29) is 17.7 Å². The standard InChI is InChI=1S/C19H25ClN2O2/c1-4-14(3)17(19(24)22-11-9-13(2)10-12-22)21-18(23)15-5-7-16(20)8-6-15/h5-8,14,17H,2,4,9-12H2,1,3H3,(H,21,23). The quantitative estimate of drug-likeness (QED) is 0.825. The molecule has 4 nitrogen and oxygen atoms in total. The highest BCUT2D eigenvalue weighted by atomic mass is 35.5. The summed E-state index contributed by atoms with van der Waals surface area (Å²) >= 11 is 5.86. The minimum atomic E-state index is -0.510. The van der Waals surface area contributed by atoms with Crippen molar-refractivity contribution in [3.63, 3.8) is 0 Å². The lowest BCUT2D eigenvalue weighted by molar-refractivity contribution is -0.135. The molecule has 1 saturated heterocycles. The van der Waals surface area contributed by atoms with Crippen molar-refractivity contribution in [2.24, 2.45) is 5.92 Å². The third-order valence-corrected chi connectivity index (χ3v) is 4.91. The third kappa shape index (κ3) is 4.60. The van der Waals surface area contributed by atoms with Gasteiger partial charge in [-0.1, -0.05) is 44.0 Å². The molecule has 24 heavy (non-hydrogen) atoms. The van der Waals surface area contributed by atoms with Crippen LogP contribution < -0.4 is 5.32 Å². The molecule has 0 radical (unpaired) electrons. The van der Waals surface area contributed by atoms with Crippen LogP contribution in [-0.2, 0) is 4.79 Å². The maximum Gasteiger partial charge on any atom is 0.251 e. The monoisotopic (exact) mass is 348 g/mol. The zero-order valence-corrected chi connectivity index (χ0v) is 15.1. The topological polar surface area (TPSA) is 49.4 Å². The summed E-state index contributed by atoms with van der Waals surface area (Å²) in [5, 5.41) is 3.49. The molecule has 0 aliphatic carbocycles. The molecule has 0 bridgehead atoms. The smallest absolute Gasteiger partial charge is 0.251 e. The fraction of sp³-hybridized carbons (Fsp3) is 0.474. The Hall–Kier alpha value is -1.81.